The minimum Gasteiger partial charge on any atom is -0.497 e. The predicted octanol–water partition coefficient (Wildman–Crippen LogP) is 3.40. The molecule has 2 heterocycles. The average Bonchev–Trinajstić information content (AvgIpc) is 3.34. The van der Waals surface area contributed by atoms with E-state index in [9.17, 15) is 14.7 Å². The molecular formula is C25H26N2O5S. The lowest BCUT2D eigenvalue weighted by molar-refractivity contribution is -0.162. The molecule has 7 nitrogen and oxygen atoms in total. The largest absolute Gasteiger partial charge is 0.497 e. The first-order chi connectivity index (χ1) is 16.1. The highest BCUT2D eigenvalue weighted by Crippen LogP contribution is 2.31. The molecule has 2 amide bonds. The zero-order chi connectivity index (χ0) is 23.2. The van der Waals surface area contributed by atoms with Crippen molar-refractivity contribution in [2.45, 2.75) is 25.1 Å². The number of aliphatic hydroxyl groups excluding tert-OH is 1. The van der Waals surface area contributed by atoms with Crippen LogP contribution in [0.4, 0.5) is 5.69 Å². The maximum atomic E-state index is 12.6. The number of benzene rings is 2. The number of carbonyl (C=O) groups is 2. The van der Waals surface area contributed by atoms with Crippen LogP contribution >= 0.6 is 11.3 Å². The number of rotatable bonds is 8. The molecular weight excluding hydrogens is 440 g/mol. The third kappa shape index (κ3) is 5.60. The van der Waals surface area contributed by atoms with Crippen molar-refractivity contribution in [3.8, 4) is 5.75 Å². The summed E-state index contributed by atoms with van der Waals surface area (Å²) < 4.78 is 11.0. The van der Waals surface area contributed by atoms with Crippen LogP contribution < -0.4 is 10.1 Å². The smallest absolute Gasteiger partial charge is 0.249 e. The van der Waals surface area contributed by atoms with Gasteiger partial charge in [-0.1, -0.05) is 30.3 Å². The van der Waals surface area contributed by atoms with E-state index in [4.69, 9.17) is 9.47 Å². The molecule has 1 aliphatic heterocycles. The normalized spacial score (nSPS) is 18.2. The van der Waals surface area contributed by atoms with E-state index in [1.807, 2.05) is 66.0 Å². The fourth-order valence-electron chi connectivity index (χ4n) is 3.88. The molecule has 8 heteroatoms. The molecule has 0 spiro atoms. The minimum atomic E-state index is -0.521. The number of methoxy groups -OCH3 is 1. The van der Waals surface area contributed by atoms with Gasteiger partial charge >= 0.3 is 0 Å². The molecule has 1 aliphatic rings. The highest BCUT2D eigenvalue weighted by atomic mass is 32.1. The monoisotopic (exact) mass is 466 g/mol. The Kier molecular flexibility index (Phi) is 7.39. The van der Waals surface area contributed by atoms with Gasteiger partial charge in [-0.05, 0) is 46.8 Å². The Labute approximate surface area is 196 Å². The van der Waals surface area contributed by atoms with Crippen LogP contribution in [0.3, 0.4) is 0 Å². The van der Waals surface area contributed by atoms with Crippen molar-refractivity contribution in [1.82, 2.24) is 4.90 Å². The first-order valence-electron chi connectivity index (χ1n) is 10.6. The maximum Gasteiger partial charge on any atom is 0.249 e. The van der Waals surface area contributed by atoms with Crippen LogP contribution in [-0.2, 0) is 27.3 Å². The van der Waals surface area contributed by atoms with Crippen LogP contribution in [0.15, 0.2) is 66.0 Å². The highest BCUT2D eigenvalue weighted by molar-refractivity contribution is 7.10. The number of ether oxygens (including phenoxy) is 2. The Hall–Kier alpha value is -3.20. The number of carbonyl (C=O) groups excluding carboxylic acids is 2. The summed E-state index contributed by atoms with van der Waals surface area (Å²) in [6.45, 7) is 0.0766. The Balaban J connectivity index is 1.44. The number of morpholine rings is 1. The van der Waals surface area contributed by atoms with E-state index in [0.717, 1.165) is 21.8 Å². The van der Waals surface area contributed by atoms with Crippen LogP contribution in [0.25, 0.3) is 0 Å². The van der Waals surface area contributed by atoms with Crippen molar-refractivity contribution >= 4 is 28.8 Å². The molecule has 0 bridgehead atoms. The lowest BCUT2D eigenvalue weighted by atomic mass is 9.98. The second-order valence-electron chi connectivity index (χ2n) is 7.78. The topological polar surface area (TPSA) is 88.1 Å². The first-order valence-corrected chi connectivity index (χ1v) is 11.5. The van der Waals surface area contributed by atoms with Gasteiger partial charge in [-0.15, -0.1) is 11.3 Å². The summed E-state index contributed by atoms with van der Waals surface area (Å²) >= 11 is 1.55. The number of amides is 2. The zero-order valence-corrected chi connectivity index (χ0v) is 19.1. The van der Waals surface area contributed by atoms with Gasteiger partial charge in [-0.2, -0.15) is 0 Å². The molecule has 0 aliphatic carbocycles. The van der Waals surface area contributed by atoms with Gasteiger partial charge in [0.15, 0.2) is 0 Å². The third-order valence-electron chi connectivity index (χ3n) is 5.59. The summed E-state index contributed by atoms with van der Waals surface area (Å²) in [6.07, 6.45) is -0.137. The van der Waals surface area contributed by atoms with Crippen molar-refractivity contribution in [2.24, 2.45) is 0 Å². The maximum absolute atomic E-state index is 12.6. The molecule has 2 atom stereocenters. The van der Waals surface area contributed by atoms with Crippen molar-refractivity contribution in [3.63, 3.8) is 0 Å². The summed E-state index contributed by atoms with van der Waals surface area (Å²) in [4.78, 5) is 27.5. The summed E-state index contributed by atoms with van der Waals surface area (Å²) in [5.74, 6) is 0.494. The molecule has 2 unspecified atom stereocenters. The number of aliphatic hydroxyl groups is 1. The Bertz CT molecular complexity index is 1070. The lowest BCUT2D eigenvalue weighted by Gasteiger charge is -2.40. The summed E-state index contributed by atoms with van der Waals surface area (Å²) in [5, 5.41) is 15.0. The van der Waals surface area contributed by atoms with Crippen molar-refractivity contribution in [1.29, 1.82) is 0 Å². The molecule has 2 N–H and O–H groups in total. The van der Waals surface area contributed by atoms with Gasteiger partial charge in [0.05, 0.1) is 26.2 Å². The van der Waals surface area contributed by atoms with Gasteiger partial charge in [0.1, 0.15) is 18.5 Å². The number of hydrogen-bond acceptors (Lipinski definition) is 6. The third-order valence-corrected chi connectivity index (χ3v) is 6.47. The van der Waals surface area contributed by atoms with Crippen molar-refractivity contribution < 1.29 is 24.2 Å². The summed E-state index contributed by atoms with van der Waals surface area (Å²) in [5.41, 5.74) is 2.45. The Morgan fingerprint density at radius 3 is 2.58 bits per heavy atom. The Morgan fingerprint density at radius 2 is 1.94 bits per heavy atom. The number of nitrogens with zero attached hydrogens (tertiary/aromatic N) is 1. The molecule has 1 aromatic heterocycles. The fourth-order valence-corrected chi connectivity index (χ4v) is 4.59. The van der Waals surface area contributed by atoms with Gasteiger partial charge in [0.2, 0.25) is 11.8 Å². The molecule has 4 rings (SSSR count). The van der Waals surface area contributed by atoms with E-state index in [0.29, 0.717) is 18.7 Å². The summed E-state index contributed by atoms with van der Waals surface area (Å²) in [7, 11) is 1.60. The molecule has 1 saturated heterocycles. The van der Waals surface area contributed by atoms with Crippen LogP contribution in [0.5, 0.6) is 5.75 Å². The summed E-state index contributed by atoms with van der Waals surface area (Å²) in [6, 6.07) is 18.2. The molecule has 33 heavy (non-hydrogen) atoms. The second-order valence-corrected chi connectivity index (χ2v) is 8.81. The van der Waals surface area contributed by atoms with Gasteiger partial charge in [-0.3, -0.25) is 9.59 Å². The van der Waals surface area contributed by atoms with E-state index in [-0.39, 0.29) is 25.0 Å². The molecule has 2 aromatic carbocycles. The van der Waals surface area contributed by atoms with E-state index in [1.54, 1.807) is 23.3 Å². The van der Waals surface area contributed by atoms with Gasteiger partial charge < -0.3 is 24.8 Å². The van der Waals surface area contributed by atoms with Gasteiger partial charge in [-0.25, -0.2) is 0 Å². The van der Waals surface area contributed by atoms with Crippen molar-refractivity contribution in [2.75, 3.05) is 25.6 Å². The highest BCUT2D eigenvalue weighted by Gasteiger charge is 2.37. The zero-order valence-electron chi connectivity index (χ0n) is 18.3. The standard InChI is InChI=1S/C25H26N2O5S/c1-31-20-10-4-17(5-11-20)14-27-22(15-28)25(32-16-24(27)30)18-6-8-19(9-7-18)26-23(29)13-21-3-2-12-33-21/h2-12,22,25,28H,13-16H2,1H3,(H,26,29). The van der Waals surface area contributed by atoms with Crippen LogP contribution in [-0.4, -0.2) is 48.2 Å². The molecule has 172 valence electrons. The SMILES string of the molecule is COc1ccc(CN2C(=O)COC(c3ccc(NC(=O)Cc4cccs4)cc3)C2CO)cc1. The second kappa shape index (κ2) is 10.6. The Morgan fingerprint density at radius 1 is 1.18 bits per heavy atom. The van der Waals surface area contributed by atoms with E-state index in [2.05, 4.69) is 5.32 Å². The van der Waals surface area contributed by atoms with Crippen molar-refractivity contribution in [3.05, 3.63) is 82.0 Å². The molecule has 3 aromatic rings. The number of nitrogens with one attached hydrogen (secondary N) is 1. The molecule has 1 fully saturated rings. The van der Waals surface area contributed by atoms with E-state index >= 15 is 0 Å². The fraction of sp³-hybridized carbons (Fsp3) is 0.280. The van der Waals surface area contributed by atoms with E-state index < -0.39 is 12.1 Å². The van der Waals surface area contributed by atoms with E-state index in [1.165, 1.54) is 0 Å². The lowest BCUT2D eigenvalue weighted by Crippen LogP contribution is -2.52. The quantitative estimate of drug-likeness (QED) is 0.531. The van der Waals surface area contributed by atoms with Gasteiger partial charge in [0.25, 0.3) is 0 Å². The average molecular weight is 467 g/mol. The van der Waals surface area contributed by atoms with Crippen LogP contribution in [0.1, 0.15) is 22.1 Å². The predicted molar refractivity (Wildman–Crippen MR) is 126 cm³/mol. The van der Waals surface area contributed by atoms with Gasteiger partial charge in [0, 0.05) is 17.1 Å². The first kappa shape index (κ1) is 23.0. The molecule has 0 saturated carbocycles. The van der Waals surface area contributed by atoms with Crippen LogP contribution in [0.2, 0.25) is 0 Å². The number of hydrogen-bond donors (Lipinski definition) is 2. The number of thiophene rings is 1. The minimum absolute atomic E-state index is 0.0589. The number of anilines is 1. The molecule has 0 radical (unpaired) electrons. The van der Waals surface area contributed by atoms with Crippen LogP contribution in [0, 0.1) is 0 Å².